The zero-order chi connectivity index (χ0) is 13.4. The lowest BCUT2D eigenvalue weighted by atomic mass is 9.98. The summed E-state index contributed by atoms with van der Waals surface area (Å²) in [7, 11) is 0. The number of nitrogens with one attached hydrogen (secondary N) is 1. The summed E-state index contributed by atoms with van der Waals surface area (Å²) < 4.78 is 5.47. The van der Waals surface area contributed by atoms with E-state index >= 15 is 0 Å². The summed E-state index contributed by atoms with van der Waals surface area (Å²) in [6.07, 6.45) is 4.90. The van der Waals surface area contributed by atoms with Crippen molar-refractivity contribution < 1.29 is 4.52 Å². The van der Waals surface area contributed by atoms with E-state index in [1.165, 1.54) is 30.5 Å². The number of hydrogen-bond acceptors (Lipinski definition) is 2. The van der Waals surface area contributed by atoms with Crippen LogP contribution in [0, 0.1) is 0 Å². The van der Waals surface area contributed by atoms with Gasteiger partial charge in [0.05, 0.1) is 5.69 Å². The zero-order valence-corrected chi connectivity index (χ0v) is 11.2. The standard InChI is InChI=1S/C17H16N2O/c1-2-6-12(7-3-1)17-11-16(19-20-17)15-10-13-8-4-5-9-14(13)18-15/h1-3,6-7,10-11,18H,4-5,8-9H2. The lowest BCUT2D eigenvalue weighted by Crippen LogP contribution is -1.99. The van der Waals surface area contributed by atoms with E-state index in [-0.39, 0.29) is 0 Å². The van der Waals surface area contributed by atoms with Gasteiger partial charge in [0, 0.05) is 17.3 Å². The monoisotopic (exact) mass is 264 g/mol. The Morgan fingerprint density at radius 3 is 2.70 bits per heavy atom. The van der Waals surface area contributed by atoms with Gasteiger partial charge >= 0.3 is 0 Å². The third-order valence-electron chi connectivity index (χ3n) is 3.96. The number of hydrogen-bond donors (Lipinski definition) is 1. The van der Waals surface area contributed by atoms with Gasteiger partial charge in [-0.25, -0.2) is 0 Å². The van der Waals surface area contributed by atoms with Crippen LogP contribution in [0.25, 0.3) is 22.7 Å². The van der Waals surface area contributed by atoms with Crippen molar-refractivity contribution in [3.05, 3.63) is 53.7 Å². The maximum absolute atomic E-state index is 5.47. The Morgan fingerprint density at radius 1 is 1.00 bits per heavy atom. The van der Waals surface area contributed by atoms with Crippen molar-refractivity contribution in [2.75, 3.05) is 0 Å². The van der Waals surface area contributed by atoms with Crippen LogP contribution in [0.3, 0.4) is 0 Å². The molecule has 0 unspecified atom stereocenters. The lowest BCUT2D eigenvalue weighted by molar-refractivity contribution is 0.434. The van der Waals surface area contributed by atoms with E-state index in [2.05, 4.69) is 16.2 Å². The molecule has 1 aromatic carbocycles. The zero-order valence-electron chi connectivity index (χ0n) is 11.2. The molecule has 0 fully saturated rings. The van der Waals surface area contributed by atoms with Gasteiger partial charge in [0.1, 0.15) is 5.69 Å². The Kier molecular flexibility index (Phi) is 2.69. The first-order valence-corrected chi connectivity index (χ1v) is 7.13. The number of H-pyrrole nitrogens is 1. The molecule has 1 aliphatic carbocycles. The summed E-state index contributed by atoms with van der Waals surface area (Å²) in [5.74, 6) is 0.813. The van der Waals surface area contributed by atoms with Gasteiger partial charge in [-0.05, 0) is 37.3 Å². The summed E-state index contributed by atoms with van der Waals surface area (Å²) in [4.78, 5) is 3.49. The number of aromatic amines is 1. The summed E-state index contributed by atoms with van der Waals surface area (Å²) in [5, 5.41) is 4.20. The van der Waals surface area contributed by atoms with Gasteiger partial charge in [-0.1, -0.05) is 35.5 Å². The normalized spacial score (nSPS) is 14.2. The molecule has 3 aromatic rings. The molecule has 1 N–H and O–H groups in total. The Morgan fingerprint density at radius 2 is 1.85 bits per heavy atom. The molecule has 2 heterocycles. The summed E-state index contributed by atoms with van der Waals surface area (Å²) >= 11 is 0. The van der Waals surface area contributed by atoms with Crippen molar-refractivity contribution in [3.63, 3.8) is 0 Å². The van der Waals surface area contributed by atoms with E-state index in [1.807, 2.05) is 36.4 Å². The van der Waals surface area contributed by atoms with Crippen LogP contribution in [-0.2, 0) is 12.8 Å². The van der Waals surface area contributed by atoms with E-state index in [0.29, 0.717) is 0 Å². The average molecular weight is 264 g/mol. The minimum Gasteiger partial charge on any atom is -0.357 e. The van der Waals surface area contributed by atoms with Crippen molar-refractivity contribution >= 4 is 0 Å². The third-order valence-corrected chi connectivity index (χ3v) is 3.96. The summed E-state index contributed by atoms with van der Waals surface area (Å²) in [5.41, 5.74) is 5.83. The number of aromatic nitrogens is 2. The van der Waals surface area contributed by atoms with Gasteiger partial charge in [0.15, 0.2) is 5.76 Å². The second kappa shape index (κ2) is 4.67. The first kappa shape index (κ1) is 11.5. The predicted molar refractivity (Wildman–Crippen MR) is 78.4 cm³/mol. The van der Waals surface area contributed by atoms with Crippen LogP contribution in [-0.4, -0.2) is 10.1 Å². The second-order valence-electron chi connectivity index (χ2n) is 5.34. The molecule has 0 spiro atoms. The van der Waals surface area contributed by atoms with Crippen LogP contribution in [0.4, 0.5) is 0 Å². The minimum atomic E-state index is 0.813. The molecule has 0 bridgehead atoms. The van der Waals surface area contributed by atoms with Gasteiger partial charge in [0.25, 0.3) is 0 Å². The number of nitrogens with zero attached hydrogens (tertiary/aromatic N) is 1. The molecule has 0 saturated heterocycles. The first-order chi connectivity index (χ1) is 9.90. The van der Waals surface area contributed by atoms with Crippen molar-refractivity contribution in [2.24, 2.45) is 0 Å². The van der Waals surface area contributed by atoms with E-state index in [9.17, 15) is 0 Å². The fourth-order valence-electron chi connectivity index (χ4n) is 2.88. The average Bonchev–Trinajstić information content (AvgIpc) is 3.14. The molecule has 0 amide bonds. The maximum Gasteiger partial charge on any atom is 0.167 e. The summed E-state index contributed by atoms with van der Waals surface area (Å²) in [6.45, 7) is 0. The van der Waals surface area contributed by atoms with Crippen LogP contribution in [0.5, 0.6) is 0 Å². The molecular formula is C17H16N2O. The molecule has 0 atom stereocenters. The fourth-order valence-corrected chi connectivity index (χ4v) is 2.88. The van der Waals surface area contributed by atoms with Crippen molar-refractivity contribution in [1.29, 1.82) is 0 Å². The van der Waals surface area contributed by atoms with Gasteiger partial charge in [-0.3, -0.25) is 0 Å². The van der Waals surface area contributed by atoms with Crippen LogP contribution in [0.2, 0.25) is 0 Å². The maximum atomic E-state index is 5.47. The number of rotatable bonds is 2. The van der Waals surface area contributed by atoms with Crippen LogP contribution in [0.1, 0.15) is 24.1 Å². The third kappa shape index (κ3) is 1.95. The molecule has 3 heteroatoms. The molecule has 3 nitrogen and oxygen atoms in total. The van der Waals surface area contributed by atoms with Crippen molar-refractivity contribution in [3.8, 4) is 22.7 Å². The Bertz CT molecular complexity index is 701. The lowest BCUT2D eigenvalue weighted by Gasteiger charge is -2.08. The molecule has 20 heavy (non-hydrogen) atoms. The van der Waals surface area contributed by atoms with Gasteiger partial charge in [0.2, 0.25) is 0 Å². The topological polar surface area (TPSA) is 41.8 Å². The van der Waals surface area contributed by atoms with Crippen LogP contribution >= 0.6 is 0 Å². The predicted octanol–water partition coefficient (Wildman–Crippen LogP) is 4.22. The highest BCUT2D eigenvalue weighted by molar-refractivity contribution is 5.65. The molecule has 0 aliphatic heterocycles. The second-order valence-corrected chi connectivity index (χ2v) is 5.34. The largest absolute Gasteiger partial charge is 0.357 e. The molecule has 100 valence electrons. The molecule has 2 aromatic heterocycles. The van der Waals surface area contributed by atoms with Crippen LogP contribution in [0.15, 0.2) is 47.0 Å². The summed E-state index contributed by atoms with van der Waals surface area (Å²) in [6, 6.07) is 14.3. The molecule has 4 rings (SSSR count). The van der Waals surface area contributed by atoms with Crippen LogP contribution < -0.4 is 0 Å². The molecule has 0 saturated carbocycles. The Labute approximate surface area is 117 Å². The van der Waals surface area contributed by atoms with Gasteiger partial charge in [-0.2, -0.15) is 0 Å². The van der Waals surface area contributed by atoms with E-state index in [1.54, 1.807) is 0 Å². The molecule has 1 aliphatic rings. The highest BCUT2D eigenvalue weighted by atomic mass is 16.5. The smallest absolute Gasteiger partial charge is 0.167 e. The molecule has 0 radical (unpaired) electrons. The number of fused-ring (bicyclic) bond motifs is 1. The SMILES string of the molecule is c1ccc(-c2cc(-c3cc4c([nH]3)CCCC4)no2)cc1. The van der Waals surface area contributed by atoms with Gasteiger partial charge < -0.3 is 9.51 Å². The Balaban J connectivity index is 1.70. The fraction of sp³-hybridized carbons (Fsp3) is 0.235. The number of aryl methyl sites for hydroxylation is 2. The van der Waals surface area contributed by atoms with E-state index in [0.717, 1.165) is 29.1 Å². The molecular weight excluding hydrogens is 248 g/mol. The highest BCUT2D eigenvalue weighted by Gasteiger charge is 2.16. The van der Waals surface area contributed by atoms with Crippen molar-refractivity contribution in [2.45, 2.75) is 25.7 Å². The quantitative estimate of drug-likeness (QED) is 0.753. The number of benzene rings is 1. The highest BCUT2D eigenvalue weighted by Crippen LogP contribution is 2.29. The van der Waals surface area contributed by atoms with Crippen molar-refractivity contribution in [1.82, 2.24) is 10.1 Å². The van der Waals surface area contributed by atoms with E-state index in [4.69, 9.17) is 4.52 Å². The van der Waals surface area contributed by atoms with Gasteiger partial charge in [-0.15, -0.1) is 0 Å². The first-order valence-electron chi connectivity index (χ1n) is 7.13. The Hall–Kier alpha value is -2.29. The van der Waals surface area contributed by atoms with E-state index < -0.39 is 0 Å². The minimum absolute atomic E-state index is 0.813.